The molecule has 0 aliphatic heterocycles. The van der Waals surface area contributed by atoms with Gasteiger partial charge in [0.15, 0.2) is 0 Å². The second-order valence-corrected chi connectivity index (χ2v) is 5.76. The summed E-state index contributed by atoms with van der Waals surface area (Å²) < 4.78 is 0.834. The second-order valence-electron chi connectivity index (χ2n) is 4.85. The van der Waals surface area contributed by atoms with Crippen molar-refractivity contribution in [2.24, 2.45) is 0 Å². The van der Waals surface area contributed by atoms with Crippen LogP contribution in [0, 0.1) is 0 Å². The van der Waals surface area contributed by atoms with Gasteiger partial charge in [-0.05, 0) is 0 Å². The Kier molecular flexibility index (Phi) is 11.7. The molecule has 0 heterocycles. The van der Waals surface area contributed by atoms with E-state index < -0.39 is 0 Å². The Balaban J connectivity index is 0.000000538. The molecule has 0 saturated carbocycles. The molecular formula is C16H29O3Ti. The van der Waals surface area contributed by atoms with Gasteiger partial charge in [0, 0.05) is 21.3 Å². The van der Waals surface area contributed by atoms with Crippen molar-refractivity contribution in [1.82, 2.24) is 0 Å². The predicted molar refractivity (Wildman–Crippen MR) is 79.2 cm³/mol. The Hall–Kier alpha value is 0.0743. The average molecular weight is 317 g/mol. The van der Waals surface area contributed by atoms with Gasteiger partial charge in [-0.3, -0.25) is 0 Å². The Bertz CT molecular complexity index is 303. The van der Waals surface area contributed by atoms with E-state index in [1.165, 1.54) is 51.4 Å². The molecule has 0 atom stereocenters. The van der Waals surface area contributed by atoms with Gasteiger partial charge >= 0.3 is 98.3 Å². The van der Waals surface area contributed by atoms with Crippen LogP contribution in [0.2, 0.25) is 4.22 Å². The quantitative estimate of drug-likeness (QED) is 0.602. The first-order valence-electron chi connectivity index (χ1n) is 7.37. The first kappa shape index (κ1) is 20.1. The number of aliphatic hydroxyl groups is 3. The van der Waals surface area contributed by atoms with Crippen LogP contribution in [0.3, 0.4) is 0 Å². The van der Waals surface area contributed by atoms with E-state index in [0.717, 1.165) is 25.6 Å². The van der Waals surface area contributed by atoms with Crippen LogP contribution in [0.15, 0.2) is 22.3 Å². The minimum absolute atomic E-state index is 0.834. The zero-order valence-corrected chi connectivity index (χ0v) is 14.6. The van der Waals surface area contributed by atoms with Crippen molar-refractivity contribution in [3.8, 4) is 0 Å². The van der Waals surface area contributed by atoms with Gasteiger partial charge in [-0.25, -0.2) is 0 Å². The van der Waals surface area contributed by atoms with E-state index in [0.29, 0.717) is 0 Å². The van der Waals surface area contributed by atoms with E-state index in [1.54, 1.807) is 0 Å². The summed E-state index contributed by atoms with van der Waals surface area (Å²) in [5, 5.41) is 21.0. The number of allylic oxidation sites excluding steroid dienone is 4. The van der Waals surface area contributed by atoms with Gasteiger partial charge < -0.3 is 15.3 Å². The van der Waals surface area contributed by atoms with Crippen molar-refractivity contribution in [1.29, 1.82) is 0 Å². The maximum atomic E-state index is 7.00. The third-order valence-corrected chi connectivity index (χ3v) is 5.17. The molecule has 3 aliphatic rings. The predicted octanol–water partition coefficient (Wildman–Crippen LogP) is 2.90. The minimum atomic E-state index is 0.834. The Labute approximate surface area is 135 Å². The van der Waals surface area contributed by atoms with Gasteiger partial charge in [0.25, 0.3) is 0 Å². The summed E-state index contributed by atoms with van der Waals surface area (Å²) in [4.78, 5) is 0. The van der Waals surface area contributed by atoms with E-state index in [4.69, 9.17) is 15.3 Å². The SMILES string of the molecule is CO.CO.CO.[Ti][CH]1C2=C(CCCC2)C2=C1CCCC2. The standard InChI is InChI=1S/C13H17.3CH4O.Ti/c1-3-7-12-10(5-1)9-11-6-2-4-8-13(11)12;3*1-2;/h9H,1-8H2;3*2H,1H3;. The van der Waals surface area contributed by atoms with Crippen LogP contribution in [0.5, 0.6) is 0 Å². The van der Waals surface area contributed by atoms with Gasteiger partial charge in [-0.1, -0.05) is 0 Å². The van der Waals surface area contributed by atoms with Crippen LogP contribution in [0.1, 0.15) is 51.4 Å². The summed E-state index contributed by atoms with van der Waals surface area (Å²) in [6, 6.07) is 0. The Morgan fingerprint density at radius 3 is 1.30 bits per heavy atom. The molecule has 3 rings (SSSR count). The van der Waals surface area contributed by atoms with Crippen LogP contribution < -0.4 is 0 Å². The van der Waals surface area contributed by atoms with E-state index in [2.05, 4.69) is 20.4 Å². The summed E-state index contributed by atoms with van der Waals surface area (Å²) in [7, 11) is 3.00. The number of rotatable bonds is 0. The zero-order chi connectivity index (χ0) is 15.5. The van der Waals surface area contributed by atoms with E-state index in [-0.39, 0.29) is 0 Å². The molecule has 0 saturated heterocycles. The van der Waals surface area contributed by atoms with Crippen molar-refractivity contribution in [3.63, 3.8) is 0 Å². The zero-order valence-electron chi connectivity index (χ0n) is 13.1. The van der Waals surface area contributed by atoms with Crippen molar-refractivity contribution < 1.29 is 35.8 Å². The van der Waals surface area contributed by atoms with E-state index in [1.807, 2.05) is 22.3 Å². The Morgan fingerprint density at radius 2 is 0.950 bits per heavy atom. The topological polar surface area (TPSA) is 60.7 Å². The average Bonchev–Trinajstić information content (AvgIpc) is 2.87. The summed E-state index contributed by atoms with van der Waals surface area (Å²) in [5.41, 5.74) is 7.31. The Morgan fingerprint density at radius 1 is 0.650 bits per heavy atom. The fourth-order valence-corrected chi connectivity index (χ4v) is 4.39. The molecule has 0 amide bonds. The molecule has 0 aromatic heterocycles. The molecule has 20 heavy (non-hydrogen) atoms. The molecule has 0 aromatic carbocycles. The van der Waals surface area contributed by atoms with Crippen LogP contribution >= 0.6 is 0 Å². The number of hydrogen-bond donors (Lipinski definition) is 3. The summed E-state index contributed by atoms with van der Waals surface area (Å²) in [6.45, 7) is 0. The van der Waals surface area contributed by atoms with Crippen LogP contribution in [0.25, 0.3) is 0 Å². The maximum absolute atomic E-state index is 7.00. The van der Waals surface area contributed by atoms with Crippen LogP contribution in [0.4, 0.5) is 0 Å². The fourth-order valence-electron chi connectivity index (χ4n) is 3.39. The molecule has 4 heteroatoms. The van der Waals surface area contributed by atoms with Crippen LogP contribution in [-0.2, 0) is 20.4 Å². The first-order valence-corrected chi connectivity index (χ1v) is 8.27. The van der Waals surface area contributed by atoms with Crippen molar-refractivity contribution >= 4 is 0 Å². The molecule has 0 radical (unpaired) electrons. The van der Waals surface area contributed by atoms with Gasteiger partial charge in [0.05, 0.1) is 0 Å². The van der Waals surface area contributed by atoms with Crippen molar-refractivity contribution in [3.05, 3.63) is 22.3 Å². The fraction of sp³-hybridized carbons (Fsp3) is 0.750. The van der Waals surface area contributed by atoms with Gasteiger partial charge in [-0.2, -0.15) is 0 Å². The molecule has 3 N–H and O–H groups in total. The number of aliphatic hydroxyl groups excluding tert-OH is 3. The van der Waals surface area contributed by atoms with Crippen molar-refractivity contribution in [2.45, 2.75) is 55.6 Å². The van der Waals surface area contributed by atoms with E-state index in [9.17, 15) is 0 Å². The molecule has 0 aromatic rings. The van der Waals surface area contributed by atoms with E-state index >= 15 is 0 Å². The summed E-state index contributed by atoms with van der Waals surface area (Å²) >= 11 is 2.45. The molecule has 0 unspecified atom stereocenters. The third-order valence-electron chi connectivity index (χ3n) is 4.08. The summed E-state index contributed by atoms with van der Waals surface area (Å²) in [5.74, 6) is 0. The molecule has 0 bridgehead atoms. The molecule has 0 spiro atoms. The number of hydrogen-bond acceptors (Lipinski definition) is 3. The third kappa shape index (κ3) is 4.54. The molecule has 115 valence electrons. The second kappa shape index (κ2) is 11.7. The monoisotopic (exact) mass is 317 g/mol. The van der Waals surface area contributed by atoms with Crippen LogP contribution in [-0.4, -0.2) is 36.6 Å². The normalized spacial score (nSPS) is 20.4. The number of fused-ring (bicyclic) bond motifs is 1. The van der Waals surface area contributed by atoms with Crippen molar-refractivity contribution in [2.75, 3.05) is 21.3 Å². The molecule has 3 nitrogen and oxygen atoms in total. The van der Waals surface area contributed by atoms with Gasteiger partial charge in [-0.15, -0.1) is 0 Å². The molecule has 0 fully saturated rings. The molecule has 3 aliphatic carbocycles. The van der Waals surface area contributed by atoms with Gasteiger partial charge in [0.2, 0.25) is 0 Å². The first-order chi connectivity index (χ1) is 9.88. The summed E-state index contributed by atoms with van der Waals surface area (Å²) in [6.07, 6.45) is 11.4. The molecular weight excluding hydrogens is 288 g/mol. The van der Waals surface area contributed by atoms with Gasteiger partial charge in [0.1, 0.15) is 0 Å².